The highest BCUT2D eigenvalue weighted by atomic mass is 16.5. The number of methoxy groups -OCH3 is 4. The number of aromatic nitrogens is 2. The van der Waals surface area contributed by atoms with Crippen molar-refractivity contribution in [1.82, 2.24) is 20.0 Å². The predicted octanol–water partition coefficient (Wildman–Crippen LogP) is 2.43. The highest BCUT2D eigenvalue weighted by Gasteiger charge is 2.32. The number of aromatic amines is 1. The van der Waals surface area contributed by atoms with Crippen molar-refractivity contribution in [2.24, 2.45) is 0 Å². The van der Waals surface area contributed by atoms with Gasteiger partial charge in [-0.2, -0.15) is 5.10 Å². The van der Waals surface area contributed by atoms with E-state index in [1.165, 1.54) is 0 Å². The van der Waals surface area contributed by atoms with Crippen LogP contribution < -0.4 is 14.2 Å². The second kappa shape index (κ2) is 9.79. The third-order valence-electron chi connectivity index (χ3n) is 6.55. The van der Waals surface area contributed by atoms with Gasteiger partial charge in [0.25, 0.3) is 5.91 Å². The van der Waals surface area contributed by atoms with Crippen LogP contribution in [0.1, 0.15) is 29.8 Å². The van der Waals surface area contributed by atoms with Gasteiger partial charge in [-0.15, -0.1) is 0 Å². The Balaban J connectivity index is 1.43. The summed E-state index contributed by atoms with van der Waals surface area (Å²) in [6, 6.07) is 5.94. The number of nitrogens with zero attached hydrogens (tertiary/aromatic N) is 3. The highest BCUT2D eigenvalue weighted by molar-refractivity contribution is 5.93. The summed E-state index contributed by atoms with van der Waals surface area (Å²) in [5, 5.41) is 7.26. The van der Waals surface area contributed by atoms with Gasteiger partial charge in [0, 0.05) is 44.9 Å². The summed E-state index contributed by atoms with van der Waals surface area (Å²) in [4.78, 5) is 17.5. The third kappa shape index (κ3) is 4.40. The Hall–Kier alpha value is -2.78. The van der Waals surface area contributed by atoms with Crippen molar-refractivity contribution in [3.63, 3.8) is 0 Å². The molecule has 1 amide bonds. The maximum Gasteiger partial charge on any atom is 0.271 e. The van der Waals surface area contributed by atoms with E-state index in [-0.39, 0.29) is 5.91 Å². The van der Waals surface area contributed by atoms with E-state index in [0.717, 1.165) is 51.0 Å². The molecular formula is C23H32N4O5. The first kappa shape index (κ1) is 22.4. The Labute approximate surface area is 188 Å². The smallest absolute Gasteiger partial charge is 0.271 e. The molecular weight excluding hydrogens is 412 g/mol. The van der Waals surface area contributed by atoms with Gasteiger partial charge in [-0.1, -0.05) is 0 Å². The van der Waals surface area contributed by atoms with Crippen LogP contribution >= 0.6 is 0 Å². The van der Waals surface area contributed by atoms with Crippen LogP contribution in [0.15, 0.2) is 18.2 Å². The number of hydrogen-bond acceptors (Lipinski definition) is 7. The van der Waals surface area contributed by atoms with Crippen molar-refractivity contribution in [3.8, 4) is 28.5 Å². The number of ether oxygens (including phenoxy) is 4. The fraction of sp³-hybridized carbons (Fsp3) is 0.565. The maximum atomic E-state index is 13.1. The van der Waals surface area contributed by atoms with E-state index in [9.17, 15) is 4.79 Å². The van der Waals surface area contributed by atoms with Crippen LogP contribution in [0.25, 0.3) is 11.3 Å². The molecule has 1 atom stereocenters. The van der Waals surface area contributed by atoms with Gasteiger partial charge in [-0.3, -0.25) is 14.8 Å². The first-order chi connectivity index (χ1) is 15.6. The SMILES string of the molecule is COc1cc(-c2cc(C(=O)N3CCC(N4CCC(OC)C4)CC3)[nH]n2)cc(OC)c1OC. The van der Waals surface area contributed by atoms with Crippen molar-refractivity contribution in [1.29, 1.82) is 0 Å². The summed E-state index contributed by atoms with van der Waals surface area (Å²) < 4.78 is 21.7. The normalized spacial score (nSPS) is 19.9. The molecule has 174 valence electrons. The summed E-state index contributed by atoms with van der Waals surface area (Å²) in [5.74, 6) is 1.57. The minimum Gasteiger partial charge on any atom is -0.493 e. The number of rotatable bonds is 7. The zero-order valence-electron chi connectivity index (χ0n) is 19.2. The molecule has 0 saturated carbocycles. The average molecular weight is 445 g/mol. The molecule has 2 aliphatic heterocycles. The Morgan fingerprint density at radius 3 is 2.22 bits per heavy atom. The summed E-state index contributed by atoms with van der Waals surface area (Å²) in [7, 11) is 6.49. The third-order valence-corrected chi connectivity index (χ3v) is 6.55. The number of benzene rings is 1. The predicted molar refractivity (Wildman–Crippen MR) is 120 cm³/mol. The molecule has 0 spiro atoms. The molecule has 2 saturated heterocycles. The first-order valence-corrected chi connectivity index (χ1v) is 11.0. The zero-order valence-corrected chi connectivity index (χ0v) is 19.2. The van der Waals surface area contributed by atoms with Gasteiger partial charge in [-0.05, 0) is 37.5 Å². The summed E-state index contributed by atoms with van der Waals surface area (Å²) in [5.41, 5.74) is 1.90. The molecule has 2 fully saturated rings. The lowest BCUT2D eigenvalue weighted by Gasteiger charge is -2.36. The Bertz CT molecular complexity index is 913. The molecule has 32 heavy (non-hydrogen) atoms. The van der Waals surface area contributed by atoms with Crippen molar-refractivity contribution in [3.05, 3.63) is 23.9 Å². The second-order valence-electron chi connectivity index (χ2n) is 8.25. The molecule has 0 radical (unpaired) electrons. The van der Waals surface area contributed by atoms with Crippen LogP contribution in [0.2, 0.25) is 0 Å². The van der Waals surface area contributed by atoms with E-state index in [1.54, 1.807) is 34.5 Å². The van der Waals surface area contributed by atoms with E-state index >= 15 is 0 Å². The molecule has 3 heterocycles. The van der Waals surface area contributed by atoms with E-state index in [4.69, 9.17) is 18.9 Å². The van der Waals surface area contributed by atoms with Gasteiger partial charge in [-0.25, -0.2) is 0 Å². The Morgan fingerprint density at radius 1 is 0.969 bits per heavy atom. The molecule has 2 aromatic rings. The maximum absolute atomic E-state index is 13.1. The monoisotopic (exact) mass is 444 g/mol. The molecule has 1 unspecified atom stereocenters. The van der Waals surface area contributed by atoms with Crippen LogP contribution in [0.4, 0.5) is 0 Å². The van der Waals surface area contributed by atoms with Crippen molar-refractivity contribution >= 4 is 5.91 Å². The Morgan fingerprint density at radius 2 is 1.66 bits per heavy atom. The molecule has 0 aliphatic carbocycles. The molecule has 0 bridgehead atoms. The molecule has 9 heteroatoms. The van der Waals surface area contributed by atoms with Crippen molar-refractivity contribution in [2.45, 2.75) is 31.4 Å². The highest BCUT2D eigenvalue weighted by Crippen LogP contribution is 2.40. The van der Waals surface area contributed by atoms with Gasteiger partial charge >= 0.3 is 0 Å². The second-order valence-corrected chi connectivity index (χ2v) is 8.25. The number of carbonyl (C=O) groups is 1. The number of likely N-dealkylation sites (tertiary alicyclic amines) is 2. The lowest BCUT2D eigenvalue weighted by molar-refractivity contribution is 0.0598. The number of piperidine rings is 1. The van der Waals surface area contributed by atoms with E-state index < -0.39 is 0 Å². The van der Waals surface area contributed by atoms with Gasteiger partial charge < -0.3 is 23.8 Å². The molecule has 1 N–H and O–H groups in total. The summed E-state index contributed by atoms with van der Waals surface area (Å²) >= 11 is 0. The number of H-pyrrole nitrogens is 1. The minimum absolute atomic E-state index is 0.0224. The molecule has 4 rings (SSSR count). The van der Waals surface area contributed by atoms with Crippen LogP contribution in [0.3, 0.4) is 0 Å². The number of amides is 1. The van der Waals surface area contributed by atoms with Gasteiger partial charge in [0.2, 0.25) is 5.75 Å². The van der Waals surface area contributed by atoms with E-state index in [2.05, 4.69) is 15.1 Å². The van der Waals surface area contributed by atoms with Crippen molar-refractivity contribution in [2.75, 3.05) is 54.6 Å². The number of carbonyl (C=O) groups excluding carboxylic acids is 1. The topological polar surface area (TPSA) is 89.2 Å². The van der Waals surface area contributed by atoms with Gasteiger partial charge in [0.1, 0.15) is 5.69 Å². The number of nitrogens with one attached hydrogen (secondary N) is 1. The Kier molecular flexibility index (Phi) is 6.86. The number of hydrogen-bond donors (Lipinski definition) is 1. The van der Waals surface area contributed by atoms with Gasteiger partial charge in [0.15, 0.2) is 11.5 Å². The molecule has 1 aromatic carbocycles. The molecule has 9 nitrogen and oxygen atoms in total. The van der Waals surface area contributed by atoms with E-state index in [1.807, 2.05) is 17.0 Å². The summed E-state index contributed by atoms with van der Waals surface area (Å²) in [6.07, 6.45) is 3.40. The van der Waals surface area contributed by atoms with Crippen LogP contribution in [-0.4, -0.2) is 92.7 Å². The lowest BCUT2D eigenvalue weighted by atomic mass is 10.0. The minimum atomic E-state index is -0.0224. The van der Waals surface area contributed by atoms with Crippen LogP contribution in [0.5, 0.6) is 17.2 Å². The standard InChI is InChI=1S/C23H32N4O5/c1-29-17-7-10-27(14-17)16-5-8-26(9-6-16)23(28)19-13-18(24-25-19)15-11-20(30-2)22(32-4)21(12-15)31-3/h11-13,16-17H,5-10,14H2,1-4H3,(H,24,25). The molecule has 1 aromatic heterocycles. The van der Waals surface area contributed by atoms with Gasteiger partial charge in [0.05, 0.1) is 33.1 Å². The average Bonchev–Trinajstić information content (AvgIpc) is 3.53. The lowest BCUT2D eigenvalue weighted by Crippen LogP contribution is -2.46. The van der Waals surface area contributed by atoms with E-state index in [0.29, 0.717) is 40.8 Å². The first-order valence-electron chi connectivity index (χ1n) is 11.0. The molecule has 2 aliphatic rings. The zero-order chi connectivity index (χ0) is 22.7. The fourth-order valence-corrected chi connectivity index (χ4v) is 4.69. The van der Waals surface area contributed by atoms with Crippen LogP contribution in [0, 0.1) is 0 Å². The largest absolute Gasteiger partial charge is 0.493 e. The van der Waals surface area contributed by atoms with Crippen LogP contribution in [-0.2, 0) is 4.74 Å². The van der Waals surface area contributed by atoms with Crippen molar-refractivity contribution < 1.29 is 23.7 Å². The summed E-state index contributed by atoms with van der Waals surface area (Å²) in [6.45, 7) is 3.57. The quantitative estimate of drug-likeness (QED) is 0.702. The fourth-order valence-electron chi connectivity index (χ4n) is 4.69.